The Hall–Kier alpha value is -0.573. The lowest BCUT2D eigenvalue weighted by Crippen LogP contribution is -1.90. The SMILES string of the molecule is C/C(N)=C\CCN=C[SiH3]. The van der Waals surface area contributed by atoms with Crippen LogP contribution in [0.5, 0.6) is 0 Å². The standard InChI is InChI=1S/C6H14N2Si/c1-6(7)3-2-4-8-5-9/h3,5H,2,4,7H2,1,9H3/b6-3+,8-5?. The van der Waals surface area contributed by atoms with E-state index in [-0.39, 0.29) is 0 Å². The van der Waals surface area contributed by atoms with Crippen LogP contribution in [0.3, 0.4) is 0 Å². The maximum Gasteiger partial charge on any atom is 0.0521 e. The van der Waals surface area contributed by atoms with Gasteiger partial charge in [0, 0.05) is 12.2 Å². The highest BCUT2D eigenvalue weighted by Crippen LogP contribution is 1.86. The fourth-order valence-electron chi connectivity index (χ4n) is 0.496. The van der Waals surface area contributed by atoms with E-state index in [1.807, 2.05) is 18.8 Å². The van der Waals surface area contributed by atoms with Crippen molar-refractivity contribution < 1.29 is 0 Å². The van der Waals surface area contributed by atoms with Gasteiger partial charge in [-0.2, -0.15) is 0 Å². The Kier molecular flexibility index (Phi) is 5.21. The third-order valence-corrected chi connectivity index (χ3v) is 1.27. The molecule has 2 N–H and O–H groups in total. The van der Waals surface area contributed by atoms with Crippen molar-refractivity contribution in [2.24, 2.45) is 10.7 Å². The molecule has 0 aliphatic heterocycles. The van der Waals surface area contributed by atoms with Gasteiger partial charge in [-0.3, -0.25) is 0 Å². The molecule has 0 aromatic heterocycles. The topological polar surface area (TPSA) is 38.4 Å². The van der Waals surface area contributed by atoms with Crippen molar-refractivity contribution in [3.63, 3.8) is 0 Å². The molecule has 0 aromatic rings. The van der Waals surface area contributed by atoms with Gasteiger partial charge >= 0.3 is 0 Å². The summed E-state index contributed by atoms with van der Waals surface area (Å²) in [6, 6.07) is 0. The fraction of sp³-hybridized carbons (Fsp3) is 0.500. The molecule has 0 aromatic carbocycles. The number of hydrogen-bond acceptors (Lipinski definition) is 2. The first kappa shape index (κ1) is 8.43. The minimum absolute atomic E-state index is 0.887. The molecular weight excluding hydrogens is 128 g/mol. The number of nitrogens with zero attached hydrogens (tertiary/aromatic N) is 1. The van der Waals surface area contributed by atoms with Crippen LogP contribution in [0.4, 0.5) is 0 Å². The lowest BCUT2D eigenvalue weighted by molar-refractivity contribution is 0.999. The smallest absolute Gasteiger partial charge is 0.0521 e. The van der Waals surface area contributed by atoms with Crippen molar-refractivity contribution in [2.75, 3.05) is 6.54 Å². The Bertz CT molecular complexity index is 114. The maximum atomic E-state index is 5.39. The van der Waals surface area contributed by atoms with Crippen LogP contribution in [0.15, 0.2) is 16.8 Å². The Balaban J connectivity index is 3.20. The van der Waals surface area contributed by atoms with Crippen LogP contribution >= 0.6 is 0 Å². The van der Waals surface area contributed by atoms with Crippen molar-refractivity contribution in [1.29, 1.82) is 0 Å². The molecule has 0 radical (unpaired) electrons. The molecule has 0 amide bonds. The minimum atomic E-state index is 0.887. The van der Waals surface area contributed by atoms with Gasteiger partial charge in [-0.1, -0.05) is 6.08 Å². The molecule has 9 heavy (non-hydrogen) atoms. The van der Waals surface area contributed by atoms with E-state index < -0.39 is 0 Å². The number of allylic oxidation sites excluding steroid dienone is 1. The minimum Gasteiger partial charge on any atom is -0.403 e. The summed E-state index contributed by atoms with van der Waals surface area (Å²) in [6.07, 6.45) is 2.97. The van der Waals surface area contributed by atoms with Crippen LogP contribution in [-0.4, -0.2) is 22.6 Å². The first-order valence-electron chi connectivity index (χ1n) is 3.14. The second-order valence-electron chi connectivity index (χ2n) is 1.90. The molecule has 2 nitrogen and oxygen atoms in total. The van der Waals surface area contributed by atoms with Gasteiger partial charge in [0.05, 0.1) is 10.2 Å². The second kappa shape index (κ2) is 5.56. The van der Waals surface area contributed by atoms with Crippen molar-refractivity contribution in [3.8, 4) is 0 Å². The predicted octanol–water partition coefficient (Wildman–Crippen LogP) is -0.367. The Morgan fingerprint density at radius 3 is 2.89 bits per heavy atom. The van der Waals surface area contributed by atoms with Crippen LogP contribution in [0.25, 0.3) is 0 Å². The van der Waals surface area contributed by atoms with Crippen molar-refractivity contribution in [3.05, 3.63) is 11.8 Å². The predicted molar refractivity (Wildman–Crippen MR) is 45.9 cm³/mol. The van der Waals surface area contributed by atoms with E-state index >= 15 is 0 Å². The highest BCUT2D eigenvalue weighted by atomic mass is 28.1. The molecule has 0 saturated heterocycles. The number of hydrogen-bond donors (Lipinski definition) is 1. The summed E-state index contributed by atoms with van der Waals surface area (Å²) in [5.74, 6) is 1.94. The average Bonchev–Trinajstić information content (AvgIpc) is 1.80. The van der Waals surface area contributed by atoms with Gasteiger partial charge in [0.2, 0.25) is 0 Å². The Morgan fingerprint density at radius 2 is 2.44 bits per heavy atom. The molecule has 0 saturated carbocycles. The van der Waals surface area contributed by atoms with E-state index in [1.165, 1.54) is 0 Å². The number of rotatable bonds is 3. The molecule has 0 rings (SSSR count). The quantitative estimate of drug-likeness (QED) is 0.326. The Morgan fingerprint density at radius 1 is 1.78 bits per heavy atom. The summed E-state index contributed by atoms with van der Waals surface area (Å²) in [4.78, 5) is 4.08. The molecule has 0 unspecified atom stereocenters. The third-order valence-electron chi connectivity index (χ3n) is 0.907. The fourth-order valence-corrected chi connectivity index (χ4v) is 0.754. The van der Waals surface area contributed by atoms with E-state index in [9.17, 15) is 0 Å². The van der Waals surface area contributed by atoms with E-state index in [0.717, 1.165) is 28.9 Å². The van der Waals surface area contributed by atoms with Crippen LogP contribution in [-0.2, 0) is 0 Å². The first-order valence-corrected chi connectivity index (χ1v) is 4.29. The van der Waals surface area contributed by atoms with E-state index in [1.54, 1.807) is 0 Å². The van der Waals surface area contributed by atoms with Gasteiger partial charge in [0.25, 0.3) is 0 Å². The van der Waals surface area contributed by atoms with Crippen LogP contribution in [0.2, 0.25) is 0 Å². The number of nitrogens with two attached hydrogens (primary N) is 1. The third kappa shape index (κ3) is 7.43. The summed E-state index contributed by atoms with van der Waals surface area (Å²) in [7, 11) is 1.06. The van der Waals surface area contributed by atoms with Gasteiger partial charge < -0.3 is 10.7 Å². The van der Waals surface area contributed by atoms with Crippen LogP contribution in [0, 0.1) is 0 Å². The van der Waals surface area contributed by atoms with Crippen LogP contribution < -0.4 is 5.73 Å². The molecule has 0 fully saturated rings. The van der Waals surface area contributed by atoms with Gasteiger partial charge in [-0.05, 0) is 19.2 Å². The molecule has 3 heteroatoms. The molecule has 0 heterocycles. The normalized spacial score (nSPS) is 13.2. The highest BCUT2D eigenvalue weighted by Gasteiger charge is 1.76. The van der Waals surface area contributed by atoms with Crippen molar-refractivity contribution >= 4 is 16.1 Å². The summed E-state index contributed by atoms with van der Waals surface area (Å²) in [5, 5.41) is 0. The largest absolute Gasteiger partial charge is 0.403 e. The van der Waals surface area contributed by atoms with Gasteiger partial charge in [-0.25, -0.2) is 0 Å². The molecule has 0 bridgehead atoms. The second-order valence-corrected chi connectivity index (χ2v) is 2.42. The monoisotopic (exact) mass is 142 g/mol. The maximum absolute atomic E-state index is 5.39. The lowest BCUT2D eigenvalue weighted by Gasteiger charge is -1.88. The zero-order valence-electron chi connectivity index (χ0n) is 6.09. The molecule has 0 atom stereocenters. The van der Waals surface area contributed by atoms with E-state index in [0.29, 0.717) is 0 Å². The average molecular weight is 142 g/mol. The van der Waals surface area contributed by atoms with Gasteiger partial charge in [-0.15, -0.1) is 0 Å². The molecule has 0 spiro atoms. The summed E-state index contributed by atoms with van der Waals surface area (Å²) in [6.45, 7) is 2.78. The van der Waals surface area contributed by atoms with Gasteiger partial charge in [0.1, 0.15) is 0 Å². The first-order chi connectivity index (χ1) is 4.27. The lowest BCUT2D eigenvalue weighted by atomic mass is 10.3. The van der Waals surface area contributed by atoms with Crippen molar-refractivity contribution in [2.45, 2.75) is 13.3 Å². The summed E-state index contributed by atoms with van der Waals surface area (Å²) in [5.41, 5.74) is 6.28. The number of aliphatic imine (C=N–C) groups is 1. The molecule has 0 aliphatic carbocycles. The summed E-state index contributed by atoms with van der Waals surface area (Å²) < 4.78 is 0. The van der Waals surface area contributed by atoms with Gasteiger partial charge in [0.15, 0.2) is 0 Å². The van der Waals surface area contributed by atoms with E-state index in [4.69, 9.17) is 5.73 Å². The molecular formula is C6H14N2Si. The summed E-state index contributed by atoms with van der Waals surface area (Å²) >= 11 is 0. The zero-order valence-corrected chi connectivity index (χ0v) is 8.09. The highest BCUT2D eigenvalue weighted by molar-refractivity contribution is 6.49. The van der Waals surface area contributed by atoms with Crippen molar-refractivity contribution in [1.82, 2.24) is 0 Å². The zero-order chi connectivity index (χ0) is 7.11. The van der Waals surface area contributed by atoms with E-state index in [2.05, 4.69) is 4.99 Å². The molecule has 52 valence electrons. The molecule has 0 aliphatic rings. The Labute approximate surface area is 59.3 Å². The van der Waals surface area contributed by atoms with Crippen LogP contribution in [0.1, 0.15) is 13.3 Å².